The molecule has 1 aliphatic rings. The van der Waals surface area contributed by atoms with Gasteiger partial charge in [0.05, 0.1) is 12.7 Å². The van der Waals surface area contributed by atoms with Crippen molar-refractivity contribution in [3.05, 3.63) is 11.6 Å². The van der Waals surface area contributed by atoms with Gasteiger partial charge in [0.25, 0.3) is 0 Å². The normalized spacial score (nSPS) is 28.8. The molecule has 1 rings (SSSR count). The highest BCUT2D eigenvalue weighted by molar-refractivity contribution is 6.29. The van der Waals surface area contributed by atoms with E-state index < -0.39 is 0 Å². The van der Waals surface area contributed by atoms with E-state index in [-0.39, 0.29) is 0 Å². The minimum absolute atomic E-state index is 0.314. The van der Waals surface area contributed by atoms with Gasteiger partial charge >= 0.3 is 0 Å². The molecule has 1 aliphatic carbocycles. The maximum atomic E-state index is 8.92. The standard InChI is InChI=1S/C10H17ClO2/c1-8(11)7-13-10-4-2-9(6-12)3-5-10/h9-10,12H,1-7H2. The van der Waals surface area contributed by atoms with Crippen molar-refractivity contribution in [1.29, 1.82) is 0 Å². The van der Waals surface area contributed by atoms with Crippen LogP contribution in [0.2, 0.25) is 0 Å². The van der Waals surface area contributed by atoms with E-state index in [1.54, 1.807) is 0 Å². The van der Waals surface area contributed by atoms with Crippen molar-refractivity contribution in [3.63, 3.8) is 0 Å². The molecule has 0 saturated heterocycles. The summed E-state index contributed by atoms with van der Waals surface area (Å²) >= 11 is 5.59. The summed E-state index contributed by atoms with van der Waals surface area (Å²) in [5.41, 5.74) is 0. The lowest BCUT2D eigenvalue weighted by Crippen LogP contribution is -2.23. The number of hydrogen-bond acceptors (Lipinski definition) is 2. The Morgan fingerprint density at radius 3 is 2.46 bits per heavy atom. The van der Waals surface area contributed by atoms with Crippen LogP contribution < -0.4 is 0 Å². The van der Waals surface area contributed by atoms with Crippen LogP contribution in [0.1, 0.15) is 25.7 Å². The van der Waals surface area contributed by atoms with Crippen LogP contribution in [0.3, 0.4) is 0 Å². The van der Waals surface area contributed by atoms with E-state index in [4.69, 9.17) is 21.4 Å². The zero-order valence-electron chi connectivity index (χ0n) is 7.84. The van der Waals surface area contributed by atoms with Crippen LogP contribution in [0, 0.1) is 5.92 Å². The average Bonchev–Trinajstić information content (AvgIpc) is 2.15. The molecule has 0 heterocycles. The van der Waals surface area contributed by atoms with Gasteiger partial charge in [0.15, 0.2) is 0 Å². The van der Waals surface area contributed by atoms with Crippen LogP contribution in [0.25, 0.3) is 0 Å². The summed E-state index contributed by atoms with van der Waals surface area (Å²) in [5, 5.41) is 9.48. The average molecular weight is 205 g/mol. The van der Waals surface area contributed by atoms with Crippen molar-refractivity contribution < 1.29 is 9.84 Å². The Labute approximate surface area is 84.5 Å². The molecule has 0 aromatic heterocycles. The first kappa shape index (κ1) is 11.0. The third-order valence-electron chi connectivity index (χ3n) is 2.53. The zero-order valence-corrected chi connectivity index (χ0v) is 8.59. The molecule has 1 fully saturated rings. The van der Waals surface area contributed by atoms with Crippen molar-refractivity contribution >= 4 is 11.6 Å². The highest BCUT2D eigenvalue weighted by Gasteiger charge is 2.20. The fourth-order valence-electron chi connectivity index (χ4n) is 1.69. The molecule has 0 atom stereocenters. The Balaban J connectivity index is 2.14. The van der Waals surface area contributed by atoms with Crippen LogP contribution in [-0.2, 0) is 4.74 Å². The van der Waals surface area contributed by atoms with Gasteiger partial charge in [-0.3, -0.25) is 0 Å². The van der Waals surface area contributed by atoms with E-state index in [2.05, 4.69) is 6.58 Å². The second-order valence-corrected chi connectivity index (χ2v) is 4.19. The molecule has 2 nitrogen and oxygen atoms in total. The quantitative estimate of drug-likeness (QED) is 0.762. The van der Waals surface area contributed by atoms with E-state index in [1.165, 1.54) is 0 Å². The van der Waals surface area contributed by atoms with Gasteiger partial charge < -0.3 is 9.84 Å². The van der Waals surface area contributed by atoms with Crippen molar-refractivity contribution in [2.75, 3.05) is 13.2 Å². The number of aliphatic hydroxyl groups excluding tert-OH is 1. The molecule has 0 aromatic carbocycles. The van der Waals surface area contributed by atoms with E-state index in [9.17, 15) is 0 Å². The van der Waals surface area contributed by atoms with E-state index in [1.807, 2.05) is 0 Å². The zero-order chi connectivity index (χ0) is 9.68. The summed E-state index contributed by atoms with van der Waals surface area (Å²) < 4.78 is 5.52. The Bertz CT molecular complexity index is 162. The Morgan fingerprint density at radius 1 is 1.38 bits per heavy atom. The molecule has 0 spiro atoms. The minimum Gasteiger partial charge on any atom is -0.396 e. The first-order valence-electron chi connectivity index (χ1n) is 4.78. The summed E-state index contributed by atoms with van der Waals surface area (Å²) in [5.74, 6) is 0.485. The Morgan fingerprint density at radius 2 is 2.00 bits per heavy atom. The third-order valence-corrected chi connectivity index (χ3v) is 2.64. The van der Waals surface area contributed by atoms with Crippen LogP contribution in [0.15, 0.2) is 11.6 Å². The van der Waals surface area contributed by atoms with Gasteiger partial charge in [-0.1, -0.05) is 18.2 Å². The molecule has 13 heavy (non-hydrogen) atoms. The topological polar surface area (TPSA) is 29.5 Å². The number of ether oxygens (including phenoxy) is 1. The van der Waals surface area contributed by atoms with Gasteiger partial charge in [-0.25, -0.2) is 0 Å². The van der Waals surface area contributed by atoms with Crippen LogP contribution in [-0.4, -0.2) is 24.4 Å². The van der Waals surface area contributed by atoms with E-state index in [0.717, 1.165) is 25.7 Å². The van der Waals surface area contributed by atoms with Gasteiger partial charge in [-0.2, -0.15) is 0 Å². The molecule has 3 heteroatoms. The monoisotopic (exact) mass is 204 g/mol. The number of rotatable bonds is 4. The first-order chi connectivity index (χ1) is 6.22. The predicted octanol–water partition coefficient (Wildman–Crippen LogP) is 2.31. The van der Waals surface area contributed by atoms with Crippen molar-refractivity contribution in [1.82, 2.24) is 0 Å². The lowest BCUT2D eigenvalue weighted by atomic mass is 9.88. The summed E-state index contributed by atoms with van der Waals surface area (Å²) in [7, 11) is 0. The summed E-state index contributed by atoms with van der Waals surface area (Å²) in [4.78, 5) is 0. The number of aliphatic hydroxyl groups is 1. The summed E-state index contributed by atoms with van der Waals surface area (Å²) in [6, 6.07) is 0. The van der Waals surface area contributed by atoms with Gasteiger partial charge in [-0.05, 0) is 31.6 Å². The van der Waals surface area contributed by atoms with Crippen LogP contribution in [0.4, 0.5) is 0 Å². The molecule has 1 N–H and O–H groups in total. The Kier molecular flexibility index (Phi) is 4.78. The van der Waals surface area contributed by atoms with E-state index >= 15 is 0 Å². The predicted molar refractivity (Wildman–Crippen MR) is 53.8 cm³/mol. The summed E-state index contributed by atoms with van der Waals surface area (Å²) in [6.07, 6.45) is 4.52. The molecule has 76 valence electrons. The second-order valence-electron chi connectivity index (χ2n) is 3.65. The highest BCUT2D eigenvalue weighted by Crippen LogP contribution is 2.25. The number of hydrogen-bond donors (Lipinski definition) is 1. The fourth-order valence-corrected chi connectivity index (χ4v) is 1.75. The molecule has 0 aromatic rings. The van der Waals surface area contributed by atoms with Crippen LogP contribution >= 0.6 is 11.6 Å². The van der Waals surface area contributed by atoms with Crippen molar-refractivity contribution in [2.24, 2.45) is 5.92 Å². The lowest BCUT2D eigenvalue weighted by Gasteiger charge is -2.27. The maximum absolute atomic E-state index is 8.92. The van der Waals surface area contributed by atoms with Gasteiger partial charge in [-0.15, -0.1) is 0 Å². The molecule has 0 amide bonds. The maximum Gasteiger partial charge on any atom is 0.0820 e. The third kappa shape index (κ3) is 4.12. The largest absolute Gasteiger partial charge is 0.396 e. The SMILES string of the molecule is C=C(Cl)COC1CCC(CO)CC1. The molecule has 0 aliphatic heterocycles. The first-order valence-corrected chi connectivity index (χ1v) is 5.16. The van der Waals surface area contributed by atoms with Crippen LogP contribution in [0.5, 0.6) is 0 Å². The van der Waals surface area contributed by atoms with Crippen molar-refractivity contribution in [3.8, 4) is 0 Å². The second kappa shape index (κ2) is 5.63. The van der Waals surface area contributed by atoms with Gasteiger partial charge in [0.2, 0.25) is 0 Å². The summed E-state index contributed by atoms with van der Waals surface area (Å²) in [6.45, 7) is 4.34. The molecule has 1 saturated carbocycles. The molecule has 0 bridgehead atoms. The van der Waals surface area contributed by atoms with Crippen molar-refractivity contribution in [2.45, 2.75) is 31.8 Å². The number of halogens is 1. The molecular formula is C10H17ClO2. The Hall–Kier alpha value is -0.0500. The molecule has 0 radical (unpaired) electrons. The van der Waals surface area contributed by atoms with Gasteiger partial charge in [0.1, 0.15) is 0 Å². The smallest absolute Gasteiger partial charge is 0.0820 e. The minimum atomic E-state index is 0.314. The highest BCUT2D eigenvalue weighted by atomic mass is 35.5. The molecular weight excluding hydrogens is 188 g/mol. The lowest BCUT2D eigenvalue weighted by molar-refractivity contribution is 0.0252. The fraction of sp³-hybridized carbons (Fsp3) is 0.800. The van der Waals surface area contributed by atoms with Gasteiger partial charge in [0, 0.05) is 11.6 Å². The molecule has 0 unspecified atom stereocenters. The van der Waals surface area contributed by atoms with E-state index in [0.29, 0.717) is 30.3 Å².